The summed E-state index contributed by atoms with van der Waals surface area (Å²) in [4.78, 5) is 4.91. The highest BCUT2D eigenvalue weighted by atomic mass is 19.1. The summed E-state index contributed by atoms with van der Waals surface area (Å²) in [5.41, 5.74) is 1.97. The number of likely N-dealkylation sites (tertiary alicyclic amines) is 1. The fraction of sp³-hybridized carbons (Fsp3) is 0.500. The first-order chi connectivity index (χ1) is 14.1. The van der Waals surface area contributed by atoms with Crippen LogP contribution in [-0.2, 0) is 13.0 Å². The molecule has 1 unspecified atom stereocenters. The van der Waals surface area contributed by atoms with Gasteiger partial charge >= 0.3 is 0 Å². The molecule has 0 radical (unpaired) electrons. The van der Waals surface area contributed by atoms with E-state index in [1.165, 1.54) is 18.9 Å². The van der Waals surface area contributed by atoms with E-state index in [0.29, 0.717) is 11.7 Å². The van der Waals surface area contributed by atoms with Crippen LogP contribution in [0.2, 0.25) is 0 Å². The van der Waals surface area contributed by atoms with E-state index in [1.807, 2.05) is 12.1 Å². The molecule has 0 saturated carbocycles. The SMILES string of the molecule is CCN(Cc1cc(OC)ccc1O)CC1CCCN(CCc2cccc(F)c2)C1. The van der Waals surface area contributed by atoms with Crippen molar-refractivity contribution >= 4 is 0 Å². The molecule has 1 N–H and O–H groups in total. The molecular weight excluding hydrogens is 367 g/mol. The molecule has 158 valence electrons. The Hall–Kier alpha value is -2.11. The predicted octanol–water partition coefficient (Wildman–Crippen LogP) is 4.32. The monoisotopic (exact) mass is 400 g/mol. The molecule has 1 atom stereocenters. The van der Waals surface area contributed by atoms with Gasteiger partial charge in [-0.1, -0.05) is 19.1 Å². The smallest absolute Gasteiger partial charge is 0.123 e. The number of benzene rings is 2. The summed E-state index contributed by atoms with van der Waals surface area (Å²) < 4.78 is 18.7. The van der Waals surface area contributed by atoms with Crippen LogP contribution in [0.15, 0.2) is 42.5 Å². The lowest BCUT2D eigenvalue weighted by Gasteiger charge is -2.35. The molecule has 3 rings (SSSR count). The molecule has 2 aromatic carbocycles. The molecule has 4 nitrogen and oxygen atoms in total. The molecule has 1 aliphatic rings. The quantitative estimate of drug-likeness (QED) is 0.680. The molecule has 2 aromatic rings. The van der Waals surface area contributed by atoms with E-state index in [0.717, 1.165) is 62.6 Å². The molecule has 5 heteroatoms. The van der Waals surface area contributed by atoms with E-state index in [1.54, 1.807) is 31.4 Å². The second kappa shape index (κ2) is 10.6. The number of phenolic OH excluding ortho intramolecular Hbond substituents is 1. The Morgan fingerprint density at radius 3 is 2.86 bits per heavy atom. The lowest BCUT2D eigenvalue weighted by atomic mass is 9.96. The molecular formula is C24H33FN2O2. The highest BCUT2D eigenvalue weighted by Crippen LogP contribution is 2.25. The lowest BCUT2D eigenvalue weighted by molar-refractivity contribution is 0.132. The third kappa shape index (κ3) is 6.44. The van der Waals surface area contributed by atoms with Crippen LogP contribution >= 0.6 is 0 Å². The number of piperidine rings is 1. The maximum atomic E-state index is 13.4. The number of rotatable bonds is 9. The minimum Gasteiger partial charge on any atom is -0.508 e. The normalized spacial score (nSPS) is 17.6. The minimum absolute atomic E-state index is 0.154. The predicted molar refractivity (Wildman–Crippen MR) is 115 cm³/mol. The van der Waals surface area contributed by atoms with E-state index in [4.69, 9.17) is 4.74 Å². The number of phenols is 1. The number of aromatic hydroxyl groups is 1. The van der Waals surface area contributed by atoms with Crippen LogP contribution in [0.1, 0.15) is 30.9 Å². The highest BCUT2D eigenvalue weighted by molar-refractivity contribution is 5.39. The Morgan fingerprint density at radius 2 is 2.10 bits per heavy atom. The summed E-state index contributed by atoms with van der Waals surface area (Å²) >= 11 is 0. The van der Waals surface area contributed by atoms with Gasteiger partial charge in [0.05, 0.1) is 7.11 Å². The zero-order valence-electron chi connectivity index (χ0n) is 17.6. The van der Waals surface area contributed by atoms with Gasteiger partial charge in [0.1, 0.15) is 17.3 Å². The van der Waals surface area contributed by atoms with Crippen molar-refractivity contribution in [3.63, 3.8) is 0 Å². The lowest BCUT2D eigenvalue weighted by Crippen LogP contribution is -2.41. The molecule has 0 aromatic heterocycles. The Balaban J connectivity index is 1.53. The van der Waals surface area contributed by atoms with Crippen LogP contribution in [0.5, 0.6) is 11.5 Å². The third-order valence-electron chi connectivity index (χ3n) is 5.85. The molecule has 29 heavy (non-hydrogen) atoms. The van der Waals surface area contributed by atoms with Gasteiger partial charge in [-0.2, -0.15) is 0 Å². The van der Waals surface area contributed by atoms with Crippen molar-refractivity contribution in [1.82, 2.24) is 9.80 Å². The van der Waals surface area contributed by atoms with Gasteiger partial charge in [0.15, 0.2) is 0 Å². The van der Waals surface area contributed by atoms with Crippen LogP contribution in [0.3, 0.4) is 0 Å². The van der Waals surface area contributed by atoms with Gasteiger partial charge in [0.2, 0.25) is 0 Å². The van der Waals surface area contributed by atoms with Gasteiger partial charge in [-0.25, -0.2) is 4.39 Å². The highest BCUT2D eigenvalue weighted by Gasteiger charge is 2.22. The van der Waals surface area contributed by atoms with E-state index >= 15 is 0 Å². The van der Waals surface area contributed by atoms with Crippen molar-refractivity contribution in [1.29, 1.82) is 0 Å². The molecule has 1 saturated heterocycles. The van der Waals surface area contributed by atoms with Gasteiger partial charge in [-0.3, -0.25) is 4.90 Å². The average molecular weight is 401 g/mol. The Kier molecular flexibility index (Phi) is 7.90. The van der Waals surface area contributed by atoms with E-state index < -0.39 is 0 Å². The van der Waals surface area contributed by atoms with Crippen molar-refractivity contribution < 1.29 is 14.2 Å². The summed E-state index contributed by atoms with van der Waals surface area (Å²) in [6.45, 7) is 8.02. The number of hydrogen-bond donors (Lipinski definition) is 1. The minimum atomic E-state index is -0.154. The number of halogens is 1. The molecule has 1 heterocycles. The maximum Gasteiger partial charge on any atom is 0.123 e. The number of hydrogen-bond acceptors (Lipinski definition) is 4. The van der Waals surface area contributed by atoms with Gasteiger partial charge in [0, 0.05) is 31.7 Å². The first-order valence-electron chi connectivity index (χ1n) is 10.6. The fourth-order valence-electron chi connectivity index (χ4n) is 4.21. The summed E-state index contributed by atoms with van der Waals surface area (Å²) in [5, 5.41) is 10.2. The van der Waals surface area contributed by atoms with Crippen LogP contribution in [0.25, 0.3) is 0 Å². The fourth-order valence-corrected chi connectivity index (χ4v) is 4.21. The third-order valence-corrected chi connectivity index (χ3v) is 5.85. The van der Waals surface area contributed by atoms with Crippen LogP contribution in [-0.4, -0.2) is 54.7 Å². The van der Waals surface area contributed by atoms with Gasteiger partial charge in [0.25, 0.3) is 0 Å². The second-order valence-corrected chi connectivity index (χ2v) is 8.01. The Bertz CT molecular complexity index is 783. The van der Waals surface area contributed by atoms with Crippen molar-refractivity contribution in [3.8, 4) is 11.5 Å². The van der Waals surface area contributed by atoms with Gasteiger partial charge in [-0.15, -0.1) is 0 Å². The van der Waals surface area contributed by atoms with Crippen molar-refractivity contribution in [3.05, 3.63) is 59.4 Å². The Labute approximate surface area is 173 Å². The van der Waals surface area contributed by atoms with Gasteiger partial charge < -0.3 is 14.7 Å². The van der Waals surface area contributed by atoms with Crippen LogP contribution in [0.4, 0.5) is 4.39 Å². The molecule has 0 amide bonds. The first-order valence-corrected chi connectivity index (χ1v) is 10.6. The van der Waals surface area contributed by atoms with Gasteiger partial charge in [-0.05, 0) is 74.2 Å². The molecule has 0 aliphatic carbocycles. The number of ether oxygens (including phenoxy) is 1. The van der Waals surface area contributed by atoms with Crippen molar-refractivity contribution in [2.45, 2.75) is 32.7 Å². The largest absolute Gasteiger partial charge is 0.508 e. The molecule has 0 spiro atoms. The van der Waals surface area contributed by atoms with E-state index in [-0.39, 0.29) is 5.82 Å². The summed E-state index contributed by atoms with van der Waals surface area (Å²) in [6.07, 6.45) is 3.33. The summed E-state index contributed by atoms with van der Waals surface area (Å²) in [6, 6.07) is 12.3. The van der Waals surface area contributed by atoms with E-state index in [2.05, 4.69) is 16.7 Å². The molecule has 1 fully saturated rings. The number of nitrogens with zero attached hydrogens (tertiary/aromatic N) is 2. The van der Waals surface area contributed by atoms with E-state index in [9.17, 15) is 9.50 Å². The van der Waals surface area contributed by atoms with Crippen molar-refractivity contribution in [2.24, 2.45) is 5.92 Å². The first kappa shape index (κ1) is 21.6. The summed E-state index contributed by atoms with van der Waals surface area (Å²) in [5.74, 6) is 1.56. The topological polar surface area (TPSA) is 35.9 Å². The van der Waals surface area contributed by atoms with Crippen LogP contribution in [0, 0.1) is 11.7 Å². The molecule has 1 aliphatic heterocycles. The average Bonchev–Trinajstić information content (AvgIpc) is 2.73. The second-order valence-electron chi connectivity index (χ2n) is 8.01. The maximum absolute atomic E-state index is 13.4. The standard InChI is InChI=1S/C24H33FN2O2/c1-3-26(18-21-15-23(29-2)9-10-24(21)28)16-20-7-5-12-27(17-20)13-11-19-6-4-8-22(25)14-19/h4,6,8-10,14-15,20,28H,3,5,7,11-13,16-18H2,1-2H3. The zero-order valence-corrected chi connectivity index (χ0v) is 17.6. The van der Waals surface area contributed by atoms with Crippen LogP contribution < -0.4 is 4.74 Å². The zero-order chi connectivity index (χ0) is 20.6. The summed E-state index contributed by atoms with van der Waals surface area (Å²) in [7, 11) is 1.65. The molecule has 0 bridgehead atoms. The Morgan fingerprint density at radius 1 is 1.24 bits per heavy atom. The number of methoxy groups -OCH3 is 1. The van der Waals surface area contributed by atoms with Crippen molar-refractivity contribution in [2.75, 3.05) is 39.8 Å².